The fraction of sp³-hybridized carbons (Fsp3) is 0.667. The molecule has 0 saturated carbocycles. The SMILES string of the molecule is Cc1cc(C(C)(F)F)sc1CCC(C)C. The van der Waals surface area contributed by atoms with Crippen LogP contribution in [0.4, 0.5) is 8.78 Å². The predicted molar refractivity (Wildman–Crippen MR) is 61.8 cm³/mol. The first-order valence-corrected chi connectivity index (χ1v) is 6.10. The minimum atomic E-state index is -2.69. The minimum Gasteiger partial charge on any atom is -0.201 e. The van der Waals surface area contributed by atoms with E-state index in [1.165, 1.54) is 11.3 Å². The Kier molecular flexibility index (Phi) is 3.87. The van der Waals surface area contributed by atoms with Gasteiger partial charge in [0.05, 0.1) is 4.88 Å². The molecule has 0 spiro atoms. The molecule has 1 heterocycles. The first-order chi connectivity index (χ1) is 6.80. The van der Waals surface area contributed by atoms with Crippen LogP contribution >= 0.6 is 11.3 Å². The van der Waals surface area contributed by atoms with Crippen molar-refractivity contribution in [1.82, 2.24) is 0 Å². The van der Waals surface area contributed by atoms with Gasteiger partial charge in [-0.1, -0.05) is 13.8 Å². The van der Waals surface area contributed by atoms with Crippen LogP contribution in [0, 0.1) is 12.8 Å². The molecular formula is C12H18F2S. The molecule has 3 heteroatoms. The average Bonchev–Trinajstić information content (AvgIpc) is 2.42. The summed E-state index contributed by atoms with van der Waals surface area (Å²) < 4.78 is 26.1. The van der Waals surface area contributed by atoms with E-state index in [9.17, 15) is 8.78 Å². The van der Waals surface area contributed by atoms with Gasteiger partial charge in [0, 0.05) is 11.8 Å². The number of hydrogen-bond acceptors (Lipinski definition) is 1. The van der Waals surface area contributed by atoms with Crippen molar-refractivity contribution in [2.75, 3.05) is 0 Å². The molecule has 0 bridgehead atoms. The summed E-state index contributed by atoms with van der Waals surface area (Å²) in [5, 5.41) is 0. The van der Waals surface area contributed by atoms with E-state index in [0.717, 1.165) is 30.2 Å². The highest BCUT2D eigenvalue weighted by Crippen LogP contribution is 2.35. The van der Waals surface area contributed by atoms with E-state index in [1.807, 2.05) is 6.92 Å². The van der Waals surface area contributed by atoms with Gasteiger partial charge in [0.2, 0.25) is 0 Å². The van der Waals surface area contributed by atoms with Crippen LogP contribution in [0.2, 0.25) is 0 Å². The molecule has 0 unspecified atom stereocenters. The summed E-state index contributed by atoms with van der Waals surface area (Å²) >= 11 is 1.26. The molecule has 1 aromatic heterocycles. The van der Waals surface area contributed by atoms with E-state index in [2.05, 4.69) is 13.8 Å². The molecule has 1 rings (SSSR count). The Labute approximate surface area is 94.3 Å². The van der Waals surface area contributed by atoms with Crippen LogP contribution < -0.4 is 0 Å². The summed E-state index contributed by atoms with van der Waals surface area (Å²) in [5.74, 6) is -2.07. The second kappa shape index (κ2) is 4.60. The summed E-state index contributed by atoms with van der Waals surface area (Å²) in [6.45, 7) is 7.18. The van der Waals surface area contributed by atoms with Crippen LogP contribution in [0.3, 0.4) is 0 Å². The molecule has 0 N–H and O–H groups in total. The molecule has 0 radical (unpaired) electrons. The lowest BCUT2D eigenvalue weighted by Gasteiger charge is -2.06. The summed E-state index contributed by atoms with van der Waals surface area (Å²) in [6.07, 6.45) is 1.99. The maximum atomic E-state index is 13.1. The fourth-order valence-electron chi connectivity index (χ4n) is 1.40. The Bertz CT molecular complexity index is 321. The molecule has 0 aliphatic rings. The number of alkyl halides is 2. The van der Waals surface area contributed by atoms with E-state index < -0.39 is 5.92 Å². The number of hydrogen-bond donors (Lipinski definition) is 0. The van der Waals surface area contributed by atoms with E-state index in [0.29, 0.717) is 5.92 Å². The molecule has 0 atom stereocenters. The third kappa shape index (κ3) is 3.56. The van der Waals surface area contributed by atoms with Gasteiger partial charge in [0.25, 0.3) is 5.92 Å². The van der Waals surface area contributed by atoms with E-state index in [1.54, 1.807) is 6.07 Å². The Balaban J connectivity index is 2.78. The quantitative estimate of drug-likeness (QED) is 0.702. The summed E-state index contributed by atoms with van der Waals surface area (Å²) in [5.41, 5.74) is 1.01. The van der Waals surface area contributed by atoms with Gasteiger partial charge in [-0.15, -0.1) is 11.3 Å². The maximum Gasteiger partial charge on any atom is 0.279 e. The zero-order chi connectivity index (χ0) is 11.6. The van der Waals surface area contributed by atoms with Gasteiger partial charge in [-0.25, -0.2) is 8.78 Å². The standard InChI is InChI=1S/C12H18F2S/c1-8(2)5-6-10-9(3)7-11(15-10)12(4,13)14/h7-8H,5-6H2,1-4H3. The monoisotopic (exact) mass is 232 g/mol. The van der Waals surface area contributed by atoms with Gasteiger partial charge in [-0.3, -0.25) is 0 Å². The second-order valence-corrected chi connectivity index (χ2v) is 5.67. The molecule has 0 aliphatic heterocycles. The van der Waals surface area contributed by atoms with Gasteiger partial charge in [0.1, 0.15) is 0 Å². The van der Waals surface area contributed by atoms with Crippen molar-refractivity contribution in [1.29, 1.82) is 0 Å². The highest BCUT2D eigenvalue weighted by molar-refractivity contribution is 7.12. The molecule has 86 valence electrons. The molecule has 0 nitrogen and oxygen atoms in total. The number of thiophene rings is 1. The smallest absolute Gasteiger partial charge is 0.201 e. The van der Waals surface area contributed by atoms with Crippen LogP contribution in [0.1, 0.15) is 42.5 Å². The fourth-order valence-corrected chi connectivity index (χ4v) is 2.52. The minimum absolute atomic E-state index is 0.193. The maximum absolute atomic E-state index is 13.1. The van der Waals surface area contributed by atoms with Gasteiger partial charge < -0.3 is 0 Å². The summed E-state index contributed by atoms with van der Waals surface area (Å²) in [4.78, 5) is 1.30. The third-order valence-electron chi connectivity index (χ3n) is 2.40. The van der Waals surface area contributed by atoms with Crippen molar-refractivity contribution in [2.45, 2.75) is 46.5 Å². The second-order valence-electron chi connectivity index (χ2n) is 4.54. The molecule has 0 saturated heterocycles. The van der Waals surface area contributed by atoms with E-state index in [-0.39, 0.29) is 4.88 Å². The largest absolute Gasteiger partial charge is 0.279 e. The lowest BCUT2D eigenvalue weighted by atomic mass is 10.1. The first-order valence-electron chi connectivity index (χ1n) is 5.28. The zero-order valence-corrected chi connectivity index (χ0v) is 10.5. The third-order valence-corrected chi connectivity index (χ3v) is 3.87. The zero-order valence-electron chi connectivity index (χ0n) is 9.73. The van der Waals surface area contributed by atoms with E-state index in [4.69, 9.17) is 0 Å². The van der Waals surface area contributed by atoms with Crippen LogP contribution in [0.5, 0.6) is 0 Å². The normalized spacial score (nSPS) is 12.5. The number of aryl methyl sites for hydroxylation is 2. The molecule has 0 fully saturated rings. The predicted octanol–water partition coefficient (Wildman–Crippen LogP) is 4.76. The highest BCUT2D eigenvalue weighted by Gasteiger charge is 2.27. The highest BCUT2D eigenvalue weighted by atomic mass is 32.1. The van der Waals surface area contributed by atoms with Gasteiger partial charge in [-0.05, 0) is 37.3 Å². The van der Waals surface area contributed by atoms with E-state index >= 15 is 0 Å². The Morgan fingerprint density at radius 3 is 2.40 bits per heavy atom. The van der Waals surface area contributed by atoms with Crippen LogP contribution in [-0.2, 0) is 12.3 Å². The molecular weight excluding hydrogens is 214 g/mol. The summed E-state index contributed by atoms with van der Waals surface area (Å²) in [7, 11) is 0. The molecule has 15 heavy (non-hydrogen) atoms. The Hall–Kier alpha value is -0.440. The molecule has 0 aromatic carbocycles. The lowest BCUT2D eigenvalue weighted by molar-refractivity contribution is 0.0215. The average molecular weight is 232 g/mol. The van der Waals surface area contributed by atoms with Crippen LogP contribution in [-0.4, -0.2) is 0 Å². The van der Waals surface area contributed by atoms with Crippen LogP contribution in [0.15, 0.2) is 6.07 Å². The van der Waals surface area contributed by atoms with Crippen molar-refractivity contribution in [3.8, 4) is 0 Å². The Morgan fingerprint density at radius 1 is 1.40 bits per heavy atom. The summed E-state index contributed by atoms with van der Waals surface area (Å²) in [6, 6.07) is 1.63. The van der Waals surface area contributed by atoms with Crippen molar-refractivity contribution < 1.29 is 8.78 Å². The van der Waals surface area contributed by atoms with Crippen molar-refractivity contribution in [3.63, 3.8) is 0 Å². The molecule has 0 amide bonds. The van der Waals surface area contributed by atoms with Crippen LogP contribution in [0.25, 0.3) is 0 Å². The molecule has 1 aromatic rings. The topological polar surface area (TPSA) is 0 Å². The first kappa shape index (κ1) is 12.6. The Morgan fingerprint density at radius 2 is 2.00 bits per heavy atom. The van der Waals surface area contributed by atoms with Crippen molar-refractivity contribution in [3.05, 3.63) is 21.4 Å². The van der Waals surface area contributed by atoms with Gasteiger partial charge in [0.15, 0.2) is 0 Å². The number of halogens is 2. The lowest BCUT2D eigenvalue weighted by Crippen LogP contribution is -2.03. The number of rotatable bonds is 4. The van der Waals surface area contributed by atoms with Gasteiger partial charge in [-0.2, -0.15) is 0 Å². The van der Waals surface area contributed by atoms with Gasteiger partial charge >= 0.3 is 0 Å². The van der Waals surface area contributed by atoms with Crippen molar-refractivity contribution >= 4 is 11.3 Å². The molecule has 0 aliphatic carbocycles. The van der Waals surface area contributed by atoms with Crippen molar-refractivity contribution in [2.24, 2.45) is 5.92 Å².